The molecule has 3 aromatic heterocycles. The van der Waals surface area contributed by atoms with Crippen LogP contribution in [0, 0.1) is 0 Å². The van der Waals surface area contributed by atoms with Gasteiger partial charge in [-0.25, -0.2) is 4.98 Å². The normalized spacial score (nSPS) is 11.1. The van der Waals surface area contributed by atoms with E-state index in [4.69, 9.17) is 8.83 Å². The van der Waals surface area contributed by atoms with Crippen LogP contribution in [0.5, 0.6) is 0 Å². The van der Waals surface area contributed by atoms with E-state index in [1.54, 1.807) is 0 Å². The molecule has 0 amide bonds. The number of rotatable bonds is 4. The first-order valence-corrected chi connectivity index (χ1v) is 7.81. The second-order valence-corrected chi connectivity index (χ2v) is 5.92. The summed E-state index contributed by atoms with van der Waals surface area (Å²) in [5.74, 6) is -0.0265. The van der Waals surface area contributed by atoms with Crippen molar-refractivity contribution in [3.05, 3.63) is 53.5 Å². The van der Waals surface area contributed by atoms with E-state index < -0.39 is 5.97 Å². The summed E-state index contributed by atoms with van der Waals surface area (Å²) < 4.78 is 11.5. The van der Waals surface area contributed by atoms with Gasteiger partial charge in [-0.05, 0) is 23.6 Å². The van der Waals surface area contributed by atoms with Crippen LogP contribution >= 0.6 is 11.3 Å². The molecule has 0 aliphatic carbocycles. The van der Waals surface area contributed by atoms with E-state index in [-0.39, 0.29) is 12.3 Å². The number of hydrogen-bond acceptors (Lipinski definition) is 6. The lowest BCUT2D eigenvalue weighted by atomic mass is 10.2. The molecule has 1 aromatic carbocycles. The summed E-state index contributed by atoms with van der Waals surface area (Å²) >= 11 is 1.45. The second-order valence-electron chi connectivity index (χ2n) is 4.97. The maximum atomic E-state index is 11.0. The van der Waals surface area contributed by atoms with Gasteiger partial charge in [-0.3, -0.25) is 0 Å². The highest BCUT2D eigenvalue weighted by Gasteiger charge is 2.19. The number of hydrogen-bond donors (Lipinski definition) is 0. The zero-order valence-corrected chi connectivity index (χ0v) is 12.6. The number of fused-ring (bicyclic) bond motifs is 1. The monoisotopic (exact) mass is 324 g/mol. The third-order valence-electron chi connectivity index (χ3n) is 3.39. The Bertz CT molecular complexity index is 948. The molecule has 4 aromatic rings. The molecule has 0 N–H and O–H groups in total. The number of para-hydroxylation sites is 1. The molecular formula is C17H10NO4S-. The predicted molar refractivity (Wildman–Crippen MR) is 83.7 cm³/mol. The number of aliphatic carboxylic acids is 1. The Morgan fingerprint density at radius 2 is 2.04 bits per heavy atom. The summed E-state index contributed by atoms with van der Waals surface area (Å²) in [5, 5.41) is 13.8. The fourth-order valence-corrected chi connectivity index (χ4v) is 3.13. The van der Waals surface area contributed by atoms with Crippen LogP contribution in [0.3, 0.4) is 0 Å². The lowest BCUT2D eigenvalue weighted by Gasteiger charge is -1.99. The number of carbonyl (C=O) groups is 1. The summed E-state index contributed by atoms with van der Waals surface area (Å²) in [7, 11) is 0. The van der Waals surface area contributed by atoms with Crippen molar-refractivity contribution in [3.63, 3.8) is 0 Å². The van der Waals surface area contributed by atoms with E-state index in [1.807, 2.05) is 47.8 Å². The number of thiophene rings is 1. The number of carboxylic acids is 1. The van der Waals surface area contributed by atoms with Gasteiger partial charge in [-0.2, -0.15) is 0 Å². The highest BCUT2D eigenvalue weighted by atomic mass is 32.1. The van der Waals surface area contributed by atoms with Crippen LogP contribution < -0.4 is 5.11 Å². The average molecular weight is 324 g/mol. The summed E-state index contributed by atoms with van der Waals surface area (Å²) in [6.45, 7) is 0. The highest BCUT2D eigenvalue weighted by molar-refractivity contribution is 7.13. The third-order valence-corrected chi connectivity index (χ3v) is 4.26. The SMILES string of the molecule is O=C([O-])Cc1nc(-c2cc3ccccc3o2)oc1-c1cccs1. The number of carboxylic acid groups (broad SMARTS) is 1. The molecule has 0 atom stereocenters. The molecule has 3 heterocycles. The minimum Gasteiger partial charge on any atom is -0.550 e. The molecule has 0 spiro atoms. The van der Waals surface area contributed by atoms with Gasteiger partial charge >= 0.3 is 0 Å². The molecule has 0 saturated heterocycles. The molecule has 0 radical (unpaired) electrons. The number of benzene rings is 1. The smallest absolute Gasteiger partial charge is 0.263 e. The Hall–Kier alpha value is -2.86. The topological polar surface area (TPSA) is 79.3 Å². The molecule has 0 unspecified atom stereocenters. The number of aromatic nitrogens is 1. The van der Waals surface area contributed by atoms with E-state index in [0.717, 1.165) is 15.8 Å². The lowest BCUT2D eigenvalue weighted by molar-refractivity contribution is -0.304. The van der Waals surface area contributed by atoms with Gasteiger partial charge in [0.1, 0.15) is 5.58 Å². The molecule has 0 aliphatic rings. The number of carbonyl (C=O) groups excluding carboxylic acids is 1. The Labute approximate surface area is 134 Å². The average Bonchev–Trinajstić information content (AvgIpc) is 3.25. The number of furan rings is 1. The van der Waals surface area contributed by atoms with E-state index in [9.17, 15) is 9.90 Å². The first-order valence-electron chi connectivity index (χ1n) is 6.93. The maximum absolute atomic E-state index is 11.0. The van der Waals surface area contributed by atoms with Crippen molar-refractivity contribution < 1.29 is 18.7 Å². The van der Waals surface area contributed by atoms with Gasteiger partial charge in [0.05, 0.1) is 10.6 Å². The standard InChI is InChI=1S/C17H11NO4S/c19-15(20)9-11-16(14-6-3-7-23-14)22-17(18-11)13-8-10-4-1-2-5-12(10)21-13/h1-8H,9H2,(H,19,20)/p-1. The van der Waals surface area contributed by atoms with E-state index >= 15 is 0 Å². The fraction of sp³-hybridized carbons (Fsp3) is 0.0588. The molecule has 23 heavy (non-hydrogen) atoms. The van der Waals surface area contributed by atoms with Crippen molar-refractivity contribution in [1.29, 1.82) is 0 Å². The van der Waals surface area contributed by atoms with Crippen molar-refractivity contribution in [2.24, 2.45) is 0 Å². The van der Waals surface area contributed by atoms with Crippen LogP contribution in [0.1, 0.15) is 5.69 Å². The molecule has 6 heteroatoms. The summed E-state index contributed by atoms with van der Waals surface area (Å²) in [6, 6.07) is 13.1. The Morgan fingerprint density at radius 1 is 1.17 bits per heavy atom. The van der Waals surface area contributed by atoms with Crippen LogP contribution in [0.2, 0.25) is 0 Å². The largest absolute Gasteiger partial charge is 0.550 e. The van der Waals surface area contributed by atoms with Crippen LogP contribution in [-0.4, -0.2) is 11.0 Å². The molecule has 5 nitrogen and oxygen atoms in total. The zero-order valence-electron chi connectivity index (χ0n) is 11.8. The number of oxazole rings is 1. The van der Waals surface area contributed by atoms with Gasteiger partial charge in [0.25, 0.3) is 5.89 Å². The van der Waals surface area contributed by atoms with E-state index in [2.05, 4.69) is 4.98 Å². The molecule has 4 rings (SSSR count). The molecule has 0 aliphatic heterocycles. The summed E-state index contributed by atoms with van der Waals surface area (Å²) in [4.78, 5) is 16.1. The molecule has 0 saturated carbocycles. The minimum atomic E-state index is -1.20. The maximum Gasteiger partial charge on any atom is 0.263 e. The van der Waals surface area contributed by atoms with Crippen molar-refractivity contribution in [1.82, 2.24) is 4.98 Å². The van der Waals surface area contributed by atoms with Crippen molar-refractivity contribution in [2.75, 3.05) is 0 Å². The highest BCUT2D eigenvalue weighted by Crippen LogP contribution is 2.34. The van der Waals surface area contributed by atoms with Crippen LogP contribution in [0.15, 0.2) is 56.7 Å². The van der Waals surface area contributed by atoms with Crippen molar-refractivity contribution >= 4 is 28.3 Å². The quantitative estimate of drug-likeness (QED) is 0.576. The first-order chi connectivity index (χ1) is 11.2. The lowest BCUT2D eigenvalue weighted by Crippen LogP contribution is -2.24. The minimum absolute atomic E-state index is 0.265. The van der Waals surface area contributed by atoms with Gasteiger partial charge in [0, 0.05) is 17.8 Å². The molecule has 0 fully saturated rings. The Morgan fingerprint density at radius 3 is 2.78 bits per heavy atom. The van der Waals surface area contributed by atoms with Crippen LogP contribution in [-0.2, 0) is 11.2 Å². The van der Waals surface area contributed by atoms with Gasteiger partial charge in [-0.1, -0.05) is 24.3 Å². The second kappa shape index (κ2) is 5.40. The molecule has 0 bridgehead atoms. The van der Waals surface area contributed by atoms with Gasteiger partial charge in [0.15, 0.2) is 11.5 Å². The van der Waals surface area contributed by atoms with Crippen molar-refractivity contribution in [2.45, 2.75) is 6.42 Å². The van der Waals surface area contributed by atoms with Crippen molar-refractivity contribution in [3.8, 4) is 22.3 Å². The van der Waals surface area contributed by atoms with Crippen LogP contribution in [0.4, 0.5) is 0 Å². The van der Waals surface area contributed by atoms with E-state index in [0.29, 0.717) is 17.2 Å². The Balaban J connectivity index is 1.84. The first kappa shape index (κ1) is 13.8. The summed E-state index contributed by atoms with van der Waals surface area (Å²) in [5.41, 5.74) is 1.06. The number of nitrogens with zero attached hydrogens (tertiary/aromatic N) is 1. The fourth-order valence-electron chi connectivity index (χ4n) is 2.40. The van der Waals surface area contributed by atoms with Gasteiger partial charge < -0.3 is 18.7 Å². The van der Waals surface area contributed by atoms with E-state index in [1.165, 1.54) is 11.3 Å². The summed E-state index contributed by atoms with van der Waals surface area (Å²) in [6.07, 6.45) is -0.309. The third kappa shape index (κ3) is 2.53. The van der Waals surface area contributed by atoms with Gasteiger partial charge in [-0.15, -0.1) is 11.3 Å². The van der Waals surface area contributed by atoms with Crippen LogP contribution in [0.25, 0.3) is 33.3 Å². The Kier molecular flexibility index (Phi) is 3.24. The zero-order chi connectivity index (χ0) is 15.8. The molecule has 114 valence electrons. The predicted octanol–water partition coefficient (Wildman–Crippen LogP) is 3.11. The molecular weight excluding hydrogens is 314 g/mol. The van der Waals surface area contributed by atoms with Gasteiger partial charge in [0.2, 0.25) is 0 Å².